The summed E-state index contributed by atoms with van der Waals surface area (Å²) in [6, 6.07) is 2.55. The largest absolute Gasteiger partial charge is 0.370 e. The summed E-state index contributed by atoms with van der Waals surface area (Å²) in [6.45, 7) is 5.22. The third-order valence-electron chi connectivity index (χ3n) is 4.02. The molecule has 0 spiro atoms. The van der Waals surface area contributed by atoms with E-state index in [2.05, 4.69) is 34.4 Å². The van der Waals surface area contributed by atoms with Crippen LogP contribution in [-0.2, 0) is 0 Å². The second-order valence-electron chi connectivity index (χ2n) is 5.38. The normalized spacial score (nSPS) is 18.0. The quantitative estimate of drug-likeness (QED) is 0.821. The van der Waals surface area contributed by atoms with Crippen molar-refractivity contribution in [2.45, 2.75) is 58.4 Å². The van der Waals surface area contributed by atoms with Gasteiger partial charge in [-0.05, 0) is 32.1 Å². The highest BCUT2D eigenvalue weighted by molar-refractivity contribution is 5.46. The molecule has 1 heterocycles. The average Bonchev–Trinajstić information content (AvgIpc) is 2.46. The van der Waals surface area contributed by atoms with Crippen LogP contribution in [0.5, 0.6) is 0 Å². The Morgan fingerprint density at radius 2 is 1.89 bits per heavy atom. The maximum Gasteiger partial charge on any atom is 0.131 e. The second-order valence-corrected chi connectivity index (χ2v) is 5.38. The molecule has 0 aromatic carbocycles. The van der Waals surface area contributed by atoms with E-state index < -0.39 is 0 Å². The van der Waals surface area contributed by atoms with Crippen LogP contribution in [0.15, 0.2) is 12.4 Å². The smallest absolute Gasteiger partial charge is 0.131 e. The lowest BCUT2D eigenvalue weighted by atomic mass is 9.83. The van der Waals surface area contributed by atoms with Crippen molar-refractivity contribution in [2.75, 3.05) is 17.2 Å². The number of nitrogens with zero attached hydrogens (tertiary/aromatic N) is 2. The molecule has 1 aromatic rings. The van der Waals surface area contributed by atoms with Crippen LogP contribution in [0.1, 0.15) is 52.4 Å². The summed E-state index contributed by atoms with van der Waals surface area (Å²) in [7, 11) is 0. The molecule has 4 nitrogen and oxygen atoms in total. The predicted octanol–water partition coefficient (Wildman–Crippen LogP) is 3.68. The molecule has 0 aliphatic heterocycles. The Labute approximate surface area is 116 Å². The summed E-state index contributed by atoms with van der Waals surface area (Å²) in [5.41, 5.74) is 0. The molecule has 0 radical (unpaired) electrons. The fraction of sp³-hybridized carbons (Fsp3) is 0.733. The minimum Gasteiger partial charge on any atom is -0.370 e. The van der Waals surface area contributed by atoms with E-state index in [9.17, 15) is 0 Å². The van der Waals surface area contributed by atoms with E-state index in [1.807, 2.05) is 6.07 Å². The van der Waals surface area contributed by atoms with Crippen molar-refractivity contribution in [1.29, 1.82) is 0 Å². The summed E-state index contributed by atoms with van der Waals surface area (Å²) in [5.74, 6) is 2.65. The van der Waals surface area contributed by atoms with Gasteiger partial charge in [0.05, 0.1) is 0 Å². The monoisotopic (exact) mass is 262 g/mol. The summed E-state index contributed by atoms with van der Waals surface area (Å²) in [6.07, 6.45) is 9.68. The minimum absolute atomic E-state index is 0.546. The van der Waals surface area contributed by atoms with Crippen LogP contribution in [-0.4, -0.2) is 22.6 Å². The summed E-state index contributed by atoms with van der Waals surface area (Å²) in [5, 5.41) is 6.83. The van der Waals surface area contributed by atoms with Gasteiger partial charge in [0.2, 0.25) is 0 Å². The first-order valence-electron chi connectivity index (χ1n) is 7.66. The van der Waals surface area contributed by atoms with Crippen molar-refractivity contribution in [1.82, 2.24) is 9.97 Å². The van der Waals surface area contributed by atoms with Gasteiger partial charge in [0.15, 0.2) is 0 Å². The molecule has 1 fully saturated rings. The van der Waals surface area contributed by atoms with Crippen molar-refractivity contribution in [3.05, 3.63) is 12.4 Å². The highest BCUT2D eigenvalue weighted by Crippen LogP contribution is 2.29. The highest BCUT2D eigenvalue weighted by atomic mass is 15.1. The molecular weight excluding hydrogens is 236 g/mol. The van der Waals surface area contributed by atoms with Gasteiger partial charge < -0.3 is 10.6 Å². The molecular formula is C15H26N4. The summed E-state index contributed by atoms with van der Waals surface area (Å²) < 4.78 is 0. The van der Waals surface area contributed by atoms with Gasteiger partial charge in [-0.15, -0.1) is 0 Å². The van der Waals surface area contributed by atoms with Crippen molar-refractivity contribution in [2.24, 2.45) is 5.92 Å². The summed E-state index contributed by atoms with van der Waals surface area (Å²) in [4.78, 5) is 8.55. The second kappa shape index (κ2) is 7.31. The van der Waals surface area contributed by atoms with Crippen LogP contribution < -0.4 is 10.6 Å². The van der Waals surface area contributed by atoms with Gasteiger partial charge in [-0.25, -0.2) is 9.97 Å². The van der Waals surface area contributed by atoms with Gasteiger partial charge in [0.25, 0.3) is 0 Å². The first-order valence-corrected chi connectivity index (χ1v) is 7.66. The summed E-state index contributed by atoms with van der Waals surface area (Å²) >= 11 is 0. The van der Waals surface area contributed by atoms with Crippen molar-refractivity contribution >= 4 is 11.6 Å². The Kier molecular flexibility index (Phi) is 5.43. The third-order valence-corrected chi connectivity index (χ3v) is 4.02. The van der Waals surface area contributed by atoms with E-state index in [0.717, 1.165) is 30.5 Å². The fourth-order valence-electron chi connectivity index (χ4n) is 2.99. The van der Waals surface area contributed by atoms with Crippen LogP contribution in [0.4, 0.5) is 11.6 Å². The Morgan fingerprint density at radius 1 is 1.16 bits per heavy atom. The molecule has 0 bridgehead atoms. The topological polar surface area (TPSA) is 49.8 Å². The lowest BCUT2D eigenvalue weighted by Crippen LogP contribution is -2.30. The van der Waals surface area contributed by atoms with E-state index in [0.29, 0.717) is 6.04 Å². The first kappa shape index (κ1) is 14.1. The zero-order valence-electron chi connectivity index (χ0n) is 12.2. The maximum absolute atomic E-state index is 4.34. The highest BCUT2D eigenvalue weighted by Gasteiger charge is 2.22. The van der Waals surface area contributed by atoms with Gasteiger partial charge in [-0.3, -0.25) is 0 Å². The molecule has 1 aliphatic rings. The zero-order chi connectivity index (χ0) is 13.5. The molecule has 19 heavy (non-hydrogen) atoms. The predicted molar refractivity (Wildman–Crippen MR) is 80.5 cm³/mol. The molecule has 1 aliphatic carbocycles. The van der Waals surface area contributed by atoms with Crippen molar-refractivity contribution in [3.8, 4) is 0 Å². The van der Waals surface area contributed by atoms with Crippen molar-refractivity contribution in [3.63, 3.8) is 0 Å². The Morgan fingerprint density at radius 3 is 2.58 bits per heavy atom. The maximum atomic E-state index is 4.34. The van der Waals surface area contributed by atoms with Gasteiger partial charge >= 0.3 is 0 Å². The molecule has 2 N–H and O–H groups in total. The van der Waals surface area contributed by atoms with Gasteiger partial charge in [0.1, 0.15) is 18.0 Å². The molecule has 0 saturated heterocycles. The lowest BCUT2D eigenvalue weighted by molar-refractivity contribution is 0.312. The lowest BCUT2D eigenvalue weighted by Gasteiger charge is -2.30. The Hall–Kier alpha value is -1.32. The molecule has 1 saturated carbocycles. The Balaban J connectivity index is 1.98. The SMILES string of the molecule is CCNc1cc(NC(CC)C2CCCCC2)ncn1. The number of nitrogens with one attached hydrogen (secondary N) is 2. The van der Waals surface area contributed by atoms with Crippen LogP contribution in [0, 0.1) is 5.92 Å². The zero-order valence-corrected chi connectivity index (χ0v) is 12.2. The van der Waals surface area contributed by atoms with E-state index in [4.69, 9.17) is 0 Å². The number of hydrogen-bond acceptors (Lipinski definition) is 4. The molecule has 1 atom stereocenters. The molecule has 106 valence electrons. The average molecular weight is 262 g/mol. The van der Waals surface area contributed by atoms with Gasteiger partial charge in [-0.2, -0.15) is 0 Å². The standard InChI is InChI=1S/C15H26N4/c1-3-13(12-8-6-5-7-9-12)19-15-10-14(16-4-2)17-11-18-15/h10-13H,3-9H2,1-2H3,(H2,16,17,18,19). The molecule has 4 heteroatoms. The number of aromatic nitrogens is 2. The Bertz CT molecular complexity index is 374. The molecule has 1 aromatic heterocycles. The van der Waals surface area contributed by atoms with Crippen LogP contribution >= 0.6 is 0 Å². The molecule has 0 amide bonds. The van der Waals surface area contributed by atoms with Crippen LogP contribution in [0.2, 0.25) is 0 Å². The number of anilines is 2. The van der Waals surface area contributed by atoms with E-state index in [1.54, 1.807) is 6.33 Å². The van der Waals surface area contributed by atoms with Crippen molar-refractivity contribution < 1.29 is 0 Å². The van der Waals surface area contributed by atoms with E-state index in [1.165, 1.54) is 32.1 Å². The first-order chi connectivity index (χ1) is 9.33. The molecule has 2 rings (SSSR count). The third kappa shape index (κ3) is 4.08. The van der Waals surface area contributed by atoms with Gasteiger partial charge in [0, 0.05) is 18.7 Å². The van der Waals surface area contributed by atoms with E-state index >= 15 is 0 Å². The van der Waals surface area contributed by atoms with Crippen LogP contribution in [0.3, 0.4) is 0 Å². The number of rotatable bonds is 6. The van der Waals surface area contributed by atoms with Gasteiger partial charge in [-0.1, -0.05) is 26.2 Å². The van der Waals surface area contributed by atoms with Crippen LogP contribution in [0.25, 0.3) is 0 Å². The molecule has 1 unspecified atom stereocenters. The fourth-order valence-corrected chi connectivity index (χ4v) is 2.99. The number of hydrogen-bond donors (Lipinski definition) is 2. The van der Waals surface area contributed by atoms with E-state index in [-0.39, 0.29) is 0 Å². The minimum atomic E-state index is 0.546.